The van der Waals surface area contributed by atoms with Crippen LogP contribution in [0.4, 0.5) is 40.7 Å². The molecule has 1 heterocycles. The maximum Gasteiger partial charge on any atom is 0.421 e. The van der Waals surface area contributed by atoms with Gasteiger partial charge in [-0.3, -0.25) is 0 Å². The van der Waals surface area contributed by atoms with Crippen LogP contribution < -0.4 is 15.4 Å². The highest BCUT2D eigenvalue weighted by atomic mass is 19.4. The van der Waals surface area contributed by atoms with Crippen LogP contribution >= 0.6 is 0 Å². The zero-order valence-electron chi connectivity index (χ0n) is 16.1. The molecule has 0 unspecified atom stereocenters. The first kappa shape index (κ1) is 21.4. The molecule has 0 fully saturated rings. The number of nitrogens with zero attached hydrogens (tertiary/aromatic N) is 2. The Morgan fingerprint density at radius 1 is 0.933 bits per heavy atom. The van der Waals surface area contributed by atoms with Crippen molar-refractivity contribution >= 4 is 23.1 Å². The molecule has 0 aliphatic rings. The normalized spacial score (nSPS) is 11.2. The number of halogens is 4. The third-order valence-electron chi connectivity index (χ3n) is 4.08. The summed E-state index contributed by atoms with van der Waals surface area (Å²) in [6.45, 7) is 2.63. The summed E-state index contributed by atoms with van der Waals surface area (Å²) in [4.78, 5) is 7.68. The van der Waals surface area contributed by atoms with Gasteiger partial charge in [0, 0.05) is 17.6 Å². The molecule has 0 atom stereocenters. The summed E-state index contributed by atoms with van der Waals surface area (Å²) in [6, 6.07) is 11.9. The summed E-state index contributed by atoms with van der Waals surface area (Å²) < 4.78 is 58.7. The summed E-state index contributed by atoms with van der Waals surface area (Å²) in [5.74, 6) is -0.261. The molecule has 0 saturated carbocycles. The number of unbranched alkanes of at least 4 members (excludes halogenated alkanes) is 1. The summed E-state index contributed by atoms with van der Waals surface area (Å²) in [5, 5.41) is 5.44. The minimum Gasteiger partial charge on any atom is -0.494 e. The Labute approximate surface area is 171 Å². The average molecular weight is 420 g/mol. The van der Waals surface area contributed by atoms with Gasteiger partial charge in [-0.25, -0.2) is 9.37 Å². The smallest absolute Gasteiger partial charge is 0.421 e. The predicted octanol–water partition coefficient (Wildman–Crippen LogP) is 6.30. The van der Waals surface area contributed by atoms with E-state index >= 15 is 0 Å². The van der Waals surface area contributed by atoms with Gasteiger partial charge in [0.15, 0.2) is 0 Å². The summed E-state index contributed by atoms with van der Waals surface area (Å²) in [6.07, 6.45) is -2.02. The second-order valence-corrected chi connectivity index (χ2v) is 6.44. The molecule has 0 aliphatic heterocycles. The van der Waals surface area contributed by atoms with Crippen LogP contribution in [0.1, 0.15) is 25.3 Å². The maximum atomic E-state index is 13.4. The number of nitrogens with one attached hydrogen (secondary N) is 2. The summed E-state index contributed by atoms with van der Waals surface area (Å²) in [5.41, 5.74) is -0.152. The molecule has 158 valence electrons. The lowest BCUT2D eigenvalue weighted by Gasteiger charge is -2.15. The van der Waals surface area contributed by atoms with Crippen molar-refractivity contribution in [3.8, 4) is 5.75 Å². The van der Waals surface area contributed by atoms with Crippen molar-refractivity contribution in [1.82, 2.24) is 9.97 Å². The van der Waals surface area contributed by atoms with Gasteiger partial charge in [0.05, 0.1) is 6.61 Å². The molecule has 2 N–H and O–H groups in total. The Kier molecular flexibility index (Phi) is 6.71. The molecule has 0 saturated heterocycles. The highest BCUT2D eigenvalue weighted by molar-refractivity contribution is 5.63. The van der Waals surface area contributed by atoms with E-state index in [9.17, 15) is 17.6 Å². The third-order valence-corrected chi connectivity index (χ3v) is 4.08. The standard InChI is InChI=1S/C21H20F4N4O/c1-2-3-12-30-17-10-8-15(9-11-17)27-19-18(21(23,24)25)13-26-20(29-19)28-16-6-4-14(22)5-7-16/h4-11,13H,2-3,12H2,1H3,(H2,26,27,28,29). The molecule has 5 nitrogen and oxygen atoms in total. The topological polar surface area (TPSA) is 59.1 Å². The Morgan fingerprint density at radius 2 is 1.57 bits per heavy atom. The van der Waals surface area contributed by atoms with Crippen LogP contribution in [0.2, 0.25) is 0 Å². The van der Waals surface area contributed by atoms with Crippen LogP contribution in [0.3, 0.4) is 0 Å². The lowest BCUT2D eigenvalue weighted by molar-refractivity contribution is -0.137. The fraction of sp³-hybridized carbons (Fsp3) is 0.238. The third kappa shape index (κ3) is 5.82. The molecular formula is C21H20F4N4O. The molecule has 30 heavy (non-hydrogen) atoms. The number of rotatable bonds is 8. The largest absolute Gasteiger partial charge is 0.494 e. The number of anilines is 4. The van der Waals surface area contributed by atoms with Crippen molar-refractivity contribution < 1.29 is 22.3 Å². The van der Waals surface area contributed by atoms with Crippen LogP contribution in [0, 0.1) is 5.82 Å². The van der Waals surface area contributed by atoms with Crippen LogP contribution in [0.5, 0.6) is 5.75 Å². The molecule has 1 aromatic heterocycles. The van der Waals surface area contributed by atoms with E-state index < -0.39 is 23.4 Å². The Bertz CT molecular complexity index is 960. The van der Waals surface area contributed by atoms with Gasteiger partial charge in [0.2, 0.25) is 5.95 Å². The molecular weight excluding hydrogens is 400 g/mol. The van der Waals surface area contributed by atoms with Gasteiger partial charge in [-0.15, -0.1) is 0 Å². The molecule has 0 aliphatic carbocycles. The Morgan fingerprint density at radius 3 is 2.20 bits per heavy atom. The molecule has 3 aromatic rings. The van der Waals surface area contributed by atoms with E-state index in [-0.39, 0.29) is 5.95 Å². The average Bonchev–Trinajstić information content (AvgIpc) is 2.70. The first-order chi connectivity index (χ1) is 14.3. The number of alkyl halides is 3. The SMILES string of the molecule is CCCCOc1ccc(Nc2nc(Nc3ccc(F)cc3)ncc2C(F)(F)F)cc1. The Hall–Kier alpha value is -3.36. The minimum atomic E-state index is -4.64. The molecule has 3 rings (SSSR count). The van der Waals surface area contributed by atoms with Crippen molar-refractivity contribution in [3.05, 3.63) is 66.1 Å². The number of aromatic nitrogens is 2. The zero-order valence-corrected chi connectivity index (χ0v) is 16.1. The van der Waals surface area contributed by atoms with Gasteiger partial charge in [-0.1, -0.05) is 13.3 Å². The molecule has 2 aromatic carbocycles. The van der Waals surface area contributed by atoms with E-state index in [4.69, 9.17) is 4.74 Å². The van der Waals surface area contributed by atoms with E-state index in [0.717, 1.165) is 12.8 Å². The van der Waals surface area contributed by atoms with Gasteiger partial charge in [0.25, 0.3) is 0 Å². The van der Waals surface area contributed by atoms with E-state index in [1.165, 1.54) is 24.3 Å². The molecule has 0 radical (unpaired) electrons. The van der Waals surface area contributed by atoms with Crippen LogP contribution in [-0.4, -0.2) is 16.6 Å². The zero-order chi connectivity index (χ0) is 21.6. The molecule has 0 spiro atoms. The van der Waals surface area contributed by atoms with E-state index in [2.05, 4.69) is 27.5 Å². The number of ether oxygens (including phenoxy) is 1. The second-order valence-electron chi connectivity index (χ2n) is 6.44. The molecule has 0 amide bonds. The van der Waals surface area contributed by atoms with Crippen LogP contribution in [-0.2, 0) is 6.18 Å². The monoisotopic (exact) mass is 420 g/mol. The second kappa shape index (κ2) is 9.43. The van der Waals surface area contributed by atoms with Crippen molar-refractivity contribution in [3.63, 3.8) is 0 Å². The van der Waals surface area contributed by atoms with Crippen molar-refractivity contribution in [2.45, 2.75) is 25.9 Å². The lowest BCUT2D eigenvalue weighted by Crippen LogP contribution is -2.12. The Balaban J connectivity index is 1.81. The fourth-order valence-corrected chi connectivity index (χ4v) is 2.51. The number of benzene rings is 2. The maximum absolute atomic E-state index is 13.4. The quantitative estimate of drug-likeness (QED) is 0.331. The highest BCUT2D eigenvalue weighted by Crippen LogP contribution is 2.35. The van der Waals surface area contributed by atoms with Gasteiger partial charge >= 0.3 is 6.18 Å². The highest BCUT2D eigenvalue weighted by Gasteiger charge is 2.35. The number of hydrogen-bond donors (Lipinski definition) is 2. The van der Waals surface area contributed by atoms with E-state index in [0.29, 0.717) is 29.9 Å². The number of hydrogen-bond acceptors (Lipinski definition) is 5. The van der Waals surface area contributed by atoms with Crippen molar-refractivity contribution in [2.24, 2.45) is 0 Å². The first-order valence-corrected chi connectivity index (χ1v) is 9.32. The lowest BCUT2D eigenvalue weighted by atomic mass is 10.2. The van der Waals surface area contributed by atoms with Crippen molar-refractivity contribution in [1.29, 1.82) is 0 Å². The first-order valence-electron chi connectivity index (χ1n) is 9.32. The molecule has 9 heteroatoms. The summed E-state index contributed by atoms with van der Waals surface area (Å²) in [7, 11) is 0. The van der Waals surface area contributed by atoms with Crippen LogP contribution in [0.15, 0.2) is 54.7 Å². The van der Waals surface area contributed by atoms with Gasteiger partial charge in [0.1, 0.15) is 22.9 Å². The minimum absolute atomic E-state index is 0.0587. The fourth-order valence-electron chi connectivity index (χ4n) is 2.51. The van der Waals surface area contributed by atoms with Gasteiger partial charge < -0.3 is 15.4 Å². The van der Waals surface area contributed by atoms with E-state index in [1.807, 2.05) is 0 Å². The van der Waals surface area contributed by atoms with Crippen LogP contribution in [0.25, 0.3) is 0 Å². The summed E-state index contributed by atoms with van der Waals surface area (Å²) >= 11 is 0. The predicted molar refractivity (Wildman–Crippen MR) is 107 cm³/mol. The van der Waals surface area contributed by atoms with Gasteiger partial charge in [-0.05, 0) is 55.0 Å². The van der Waals surface area contributed by atoms with Gasteiger partial charge in [-0.2, -0.15) is 18.2 Å². The molecule has 0 bridgehead atoms. The van der Waals surface area contributed by atoms with Crippen molar-refractivity contribution in [2.75, 3.05) is 17.2 Å². The van der Waals surface area contributed by atoms with E-state index in [1.54, 1.807) is 24.3 Å².